The summed E-state index contributed by atoms with van der Waals surface area (Å²) in [6, 6.07) is 1.90. The average molecular weight is 210 g/mol. The fourth-order valence-corrected chi connectivity index (χ4v) is 3.19. The van der Waals surface area contributed by atoms with Crippen molar-refractivity contribution in [2.75, 3.05) is 17.2 Å². The van der Waals surface area contributed by atoms with Crippen molar-refractivity contribution in [3.63, 3.8) is 0 Å². The van der Waals surface area contributed by atoms with Gasteiger partial charge >= 0.3 is 0 Å². The number of aromatic nitrogens is 1. The van der Waals surface area contributed by atoms with Gasteiger partial charge in [0.1, 0.15) is 11.4 Å². The molecule has 3 nitrogen and oxygen atoms in total. The summed E-state index contributed by atoms with van der Waals surface area (Å²) in [6.45, 7) is 1.97. The van der Waals surface area contributed by atoms with Crippen LogP contribution in [0.15, 0.2) is 12.3 Å². The SMILES string of the molecule is Cc1ccnc(N)c1C1(O)CCSC1. The molecule has 0 aliphatic carbocycles. The van der Waals surface area contributed by atoms with Gasteiger partial charge in [0.25, 0.3) is 0 Å². The predicted molar refractivity (Wildman–Crippen MR) is 59.2 cm³/mol. The zero-order valence-corrected chi connectivity index (χ0v) is 8.97. The van der Waals surface area contributed by atoms with Crippen molar-refractivity contribution >= 4 is 17.6 Å². The normalized spacial score (nSPS) is 26.7. The first-order valence-electron chi connectivity index (χ1n) is 4.65. The fourth-order valence-electron chi connectivity index (χ4n) is 1.94. The summed E-state index contributed by atoms with van der Waals surface area (Å²) in [7, 11) is 0. The lowest BCUT2D eigenvalue weighted by atomic mass is 9.90. The molecule has 0 bridgehead atoms. The average Bonchev–Trinajstić information content (AvgIpc) is 2.52. The van der Waals surface area contributed by atoms with Crippen LogP contribution in [0.1, 0.15) is 17.5 Å². The number of thioether (sulfide) groups is 1. The first-order valence-corrected chi connectivity index (χ1v) is 5.81. The van der Waals surface area contributed by atoms with E-state index in [1.165, 1.54) is 0 Å². The van der Waals surface area contributed by atoms with Gasteiger partial charge in [0.2, 0.25) is 0 Å². The van der Waals surface area contributed by atoms with Crippen LogP contribution in [0.2, 0.25) is 0 Å². The monoisotopic (exact) mass is 210 g/mol. The van der Waals surface area contributed by atoms with Crippen LogP contribution in [0.25, 0.3) is 0 Å². The topological polar surface area (TPSA) is 59.1 Å². The molecular weight excluding hydrogens is 196 g/mol. The van der Waals surface area contributed by atoms with Crippen molar-refractivity contribution in [1.29, 1.82) is 0 Å². The van der Waals surface area contributed by atoms with Crippen LogP contribution in [0.4, 0.5) is 5.82 Å². The number of nitrogen functional groups attached to an aromatic ring is 1. The van der Waals surface area contributed by atoms with E-state index in [-0.39, 0.29) is 0 Å². The molecule has 0 amide bonds. The standard InChI is InChI=1S/C10H14N2OS/c1-7-2-4-12-9(11)8(7)10(13)3-5-14-6-10/h2,4,13H,3,5-6H2,1H3,(H2,11,12). The first-order chi connectivity index (χ1) is 6.63. The van der Waals surface area contributed by atoms with Crippen LogP contribution >= 0.6 is 11.8 Å². The van der Waals surface area contributed by atoms with Crippen molar-refractivity contribution in [2.24, 2.45) is 0 Å². The number of anilines is 1. The molecule has 0 aromatic carbocycles. The van der Waals surface area contributed by atoms with E-state index in [4.69, 9.17) is 5.73 Å². The summed E-state index contributed by atoms with van der Waals surface area (Å²) < 4.78 is 0. The minimum absolute atomic E-state index is 0.468. The van der Waals surface area contributed by atoms with Crippen LogP contribution in [0.5, 0.6) is 0 Å². The Morgan fingerprint density at radius 2 is 2.43 bits per heavy atom. The predicted octanol–water partition coefficient (Wildman–Crippen LogP) is 1.30. The molecule has 76 valence electrons. The molecule has 14 heavy (non-hydrogen) atoms. The Bertz CT molecular complexity index is 328. The minimum Gasteiger partial charge on any atom is -0.384 e. The summed E-state index contributed by atoms with van der Waals surface area (Å²) in [4.78, 5) is 4.04. The molecule has 1 aromatic rings. The highest BCUT2D eigenvalue weighted by atomic mass is 32.2. The van der Waals surface area contributed by atoms with Gasteiger partial charge in [-0.1, -0.05) is 0 Å². The van der Waals surface area contributed by atoms with Gasteiger partial charge in [-0.15, -0.1) is 0 Å². The Hall–Kier alpha value is -0.740. The second-order valence-electron chi connectivity index (χ2n) is 3.72. The summed E-state index contributed by atoms with van der Waals surface area (Å²) >= 11 is 1.76. The van der Waals surface area contributed by atoms with E-state index >= 15 is 0 Å². The Morgan fingerprint density at radius 1 is 1.64 bits per heavy atom. The molecule has 1 fully saturated rings. The van der Waals surface area contributed by atoms with Crippen LogP contribution in [-0.4, -0.2) is 21.6 Å². The molecule has 0 radical (unpaired) electrons. The molecule has 2 heterocycles. The third-order valence-electron chi connectivity index (χ3n) is 2.65. The van der Waals surface area contributed by atoms with Crippen molar-refractivity contribution < 1.29 is 5.11 Å². The van der Waals surface area contributed by atoms with E-state index in [1.54, 1.807) is 18.0 Å². The van der Waals surface area contributed by atoms with Crippen molar-refractivity contribution in [1.82, 2.24) is 4.98 Å². The van der Waals surface area contributed by atoms with Crippen LogP contribution < -0.4 is 5.73 Å². The maximum absolute atomic E-state index is 10.4. The molecule has 0 saturated carbocycles. The number of nitrogens with two attached hydrogens (primary N) is 1. The number of aryl methyl sites for hydroxylation is 1. The van der Waals surface area contributed by atoms with E-state index in [9.17, 15) is 5.11 Å². The highest BCUT2D eigenvalue weighted by Gasteiger charge is 2.36. The molecule has 1 aliphatic rings. The van der Waals surface area contributed by atoms with Gasteiger partial charge in [0.05, 0.1) is 0 Å². The fraction of sp³-hybridized carbons (Fsp3) is 0.500. The highest BCUT2D eigenvalue weighted by molar-refractivity contribution is 7.99. The molecule has 1 aromatic heterocycles. The van der Waals surface area contributed by atoms with E-state index in [2.05, 4.69) is 4.98 Å². The van der Waals surface area contributed by atoms with Gasteiger partial charge in [0, 0.05) is 17.5 Å². The van der Waals surface area contributed by atoms with Crippen LogP contribution in [-0.2, 0) is 5.60 Å². The maximum atomic E-state index is 10.4. The molecule has 0 spiro atoms. The zero-order chi connectivity index (χ0) is 10.2. The minimum atomic E-state index is -0.757. The molecular formula is C10H14N2OS. The smallest absolute Gasteiger partial charge is 0.129 e. The molecule has 1 saturated heterocycles. The quantitative estimate of drug-likeness (QED) is 0.733. The second kappa shape index (κ2) is 3.44. The summed E-state index contributed by atoms with van der Waals surface area (Å²) in [5.41, 5.74) is 6.90. The molecule has 1 aliphatic heterocycles. The van der Waals surface area contributed by atoms with Crippen LogP contribution in [0.3, 0.4) is 0 Å². The summed E-state index contributed by atoms with van der Waals surface area (Å²) in [5, 5.41) is 10.4. The lowest BCUT2D eigenvalue weighted by molar-refractivity contribution is 0.0656. The molecule has 3 N–H and O–H groups in total. The first kappa shape index (κ1) is 9.80. The number of nitrogens with zero attached hydrogens (tertiary/aromatic N) is 1. The highest BCUT2D eigenvalue weighted by Crippen LogP contribution is 2.39. The molecule has 1 unspecified atom stereocenters. The third kappa shape index (κ3) is 1.48. The lowest BCUT2D eigenvalue weighted by Crippen LogP contribution is -2.27. The zero-order valence-electron chi connectivity index (χ0n) is 8.16. The van der Waals surface area contributed by atoms with Gasteiger partial charge in [0.15, 0.2) is 0 Å². The third-order valence-corrected chi connectivity index (χ3v) is 3.83. The van der Waals surface area contributed by atoms with E-state index < -0.39 is 5.60 Å². The van der Waals surface area contributed by atoms with Gasteiger partial charge < -0.3 is 10.8 Å². The number of aliphatic hydroxyl groups is 1. The van der Waals surface area contributed by atoms with Crippen molar-refractivity contribution in [3.8, 4) is 0 Å². The Morgan fingerprint density at radius 3 is 3.00 bits per heavy atom. The largest absolute Gasteiger partial charge is 0.384 e. The van der Waals surface area contributed by atoms with E-state index in [0.29, 0.717) is 5.82 Å². The summed E-state index contributed by atoms with van der Waals surface area (Å²) in [6.07, 6.45) is 2.45. The Labute approximate surface area is 87.7 Å². The second-order valence-corrected chi connectivity index (χ2v) is 4.83. The van der Waals surface area contributed by atoms with Gasteiger partial charge in [-0.25, -0.2) is 4.98 Å². The lowest BCUT2D eigenvalue weighted by Gasteiger charge is -2.24. The van der Waals surface area contributed by atoms with Gasteiger partial charge in [-0.3, -0.25) is 0 Å². The molecule has 2 rings (SSSR count). The molecule has 4 heteroatoms. The summed E-state index contributed by atoms with van der Waals surface area (Å²) in [5.74, 6) is 2.18. The Kier molecular flexibility index (Phi) is 2.41. The maximum Gasteiger partial charge on any atom is 0.129 e. The number of hydrogen-bond acceptors (Lipinski definition) is 4. The van der Waals surface area contributed by atoms with Gasteiger partial charge in [-0.05, 0) is 30.7 Å². The number of pyridine rings is 1. The number of hydrogen-bond donors (Lipinski definition) is 2. The molecule has 1 atom stereocenters. The van der Waals surface area contributed by atoms with Crippen molar-refractivity contribution in [3.05, 3.63) is 23.4 Å². The van der Waals surface area contributed by atoms with Crippen LogP contribution in [0, 0.1) is 6.92 Å². The van der Waals surface area contributed by atoms with E-state index in [1.807, 2.05) is 13.0 Å². The van der Waals surface area contributed by atoms with Gasteiger partial charge in [-0.2, -0.15) is 11.8 Å². The Balaban J connectivity index is 2.49. The van der Waals surface area contributed by atoms with Crippen molar-refractivity contribution in [2.45, 2.75) is 18.9 Å². The number of rotatable bonds is 1. The van der Waals surface area contributed by atoms with E-state index in [0.717, 1.165) is 29.1 Å².